The molecular formula is C20H26N6OS. The summed E-state index contributed by atoms with van der Waals surface area (Å²) in [5.41, 5.74) is 1.17. The van der Waals surface area contributed by atoms with Crippen molar-refractivity contribution in [3.63, 3.8) is 0 Å². The van der Waals surface area contributed by atoms with Crippen LogP contribution in [-0.2, 0) is 26.6 Å². The van der Waals surface area contributed by atoms with Crippen LogP contribution in [0.25, 0.3) is 0 Å². The second-order valence-electron chi connectivity index (χ2n) is 6.31. The summed E-state index contributed by atoms with van der Waals surface area (Å²) in [5, 5.41) is 17.2. The number of thiophene rings is 1. The number of hydrogen-bond donors (Lipinski definition) is 2. The summed E-state index contributed by atoms with van der Waals surface area (Å²) in [6.45, 7) is 3.87. The number of nitrogens with zero attached hydrogens (tertiary/aromatic N) is 4. The Kier molecular flexibility index (Phi) is 7.02. The van der Waals surface area contributed by atoms with Crippen molar-refractivity contribution in [2.75, 3.05) is 13.7 Å². The molecular weight excluding hydrogens is 372 g/mol. The maximum absolute atomic E-state index is 5.43. The summed E-state index contributed by atoms with van der Waals surface area (Å²) in [7, 11) is 3.65. The molecule has 0 unspecified atom stereocenters. The summed E-state index contributed by atoms with van der Waals surface area (Å²) < 4.78 is 7.38. The molecule has 2 N–H and O–H groups in total. The van der Waals surface area contributed by atoms with E-state index in [1.54, 1.807) is 18.4 Å². The van der Waals surface area contributed by atoms with Gasteiger partial charge in [-0.15, -0.1) is 21.5 Å². The Morgan fingerprint density at radius 2 is 2.04 bits per heavy atom. The lowest BCUT2D eigenvalue weighted by atomic mass is 10.1. The van der Waals surface area contributed by atoms with E-state index in [-0.39, 0.29) is 0 Å². The highest BCUT2D eigenvalue weighted by atomic mass is 32.1. The smallest absolute Gasteiger partial charge is 0.192 e. The Hall–Kier alpha value is -2.87. The summed E-state index contributed by atoms with van der Waals surface area (Å²) in [6, 6.07) is 12.2. The number of guanidine groups is 1. The molecule has 0 saturated carbocycles. The average Bonchev–Trinajstić information content (AvgIpc) is 3.35. The monoisotopic (exact) mass is 398 g/mol. The van der Waals surface area contributed by atoms with Crippen molar-refractivity contribution in [3.8, 4) is 5.75 Å². The lowest BCUT2D eigenvalue weighted by Gasteiger charge is -2.13. The maximum atomic E-state index is 5.43. The third-order valence-corrected chi connectivity index (χ3v) is 5.33. The van der Waals surface area contributed by atoms with E-state index in [4.69, 9.17) is 4.74 Å². The number of methoxy groups -OCH3 is 1. The van der Waals surface area contributed by atoms with Crippen molar-refractivity contribution in [1.82, 2.24) is 25.4 Å². The fraction of sp³-hybridized carbons (Fsp3) is 0.350. The molecule has 0 fully saturated rings. The van der Waals surface area contributed by atoms with Crippen molar-refractivity contribution in [2.45, 2.75) is 26.4 Å². The second kappa shape index (κ2) is 9.89. The third-order valence-electron chi connectivity index (χ3n) is 4.45. The predicted molar refractivity (Wildman–Crippen MR) is 113 cm³/mol. The molecule has 0 aliphatic heterocycles. The zero-order valence-corrected chi connectivity index (χ0v) is 17.3. The van der Waals surface area contributed by atoms with E-state index < -0.39 is 0 Å². The van der Waals surface area contributed by atoms with Crippen LogP contribution in [0.1, 0.15) is 22.1 Å². The molecule has 0 spiro atoms. The molecule has 0 bridgehead atoms. The molecule has 0 atom stereocenters. The highest BCUT2D eigenvalue weighted by molar-refractivity contribution is 7.09. The van der Waals surface area contributed by atoms with Crippen molar-refractivity contribution in [3.05, 3.63) is 63.9 Å². The Morgan fingerprint density at radius 1 is 1.18 bits per heavy atom. The Morgan fingerprint density at radius 3 is 2.75 bits per heavy atom. The fourth-order valence-corrected chi connectivity index (χ4v) is 3.37. The molecule has 148 valence electrons. The number of ether oxygens (including phenoxy) is 1. The summed E-state index contributed by atoms with van der Waals surface area (Å²) in [5.74, 6) is 3.37. The lowest BCUT2D eigenvalue weighted by Crippen LogP contribution is -2.38. The Bertz CT molecular complexity index is 903. The quantitative estimate of drug-likeness (QED) is 0.451. The lowest BCUT2D eigenvalue weighted by molar-refractivity contribution is 0.409. The molecule has 28 heavy (non-hydrogen) atoms. The molecule has 2 heterocycles. The van der Waals surface area contributed by atoms with Gasteiger partial charge in [0.2, 0.25) is 0 Å². The van der Waals surface area contributed by atoms with Crippen LogP contribution in [0, 0.1) is 6.92 Å². The van der Waals surface area contributed by atoms with E-state index in [9.17, 15) is 0 Å². The number of benzene rings is 1. The van der Waals surface area contributed by atoms with Crippen LogP contribution in [0.2, 0.25) is 0 Å². The van der Waals surface area contributed by atoms with Gasteiger partial charge >= 0.3 is 0 Å². The maximum Gasteiger partial charge on any atom is 0.192 e. The van der Waals surface area contributed by atoms with Crippen molar-refractivity contribution >= 4 is 17.3 Å². The Balaban J connectivity index is 1.63. The van der Waals surface area contributed by atoms with Crippen molar-refractivity contribution in [2.24, 2.45) is 12.0 Å². The first-order chi connectivity index (χ1) is 13.7. The summed E-state index contributed by atoms with van der Waals surface area (Å²) in [6.07, 6.45) is 0.840. The van der Waals surface area contributed by atoms with Crippen molar-refractivity contribution in [1.29, 1.82) is 0 Å². The number of rotatable bonds is 8. The Labute approximate surface area is 169 Å². The third kappa shape index (κ3) is 5.32. The number of hydrogen-bond acceptors (Lipinski definition) is 5. The van der Waals surface area contributed by atoms with Crippen LogP contribution in [0.5, 0.6) is 5.75 Å². The van der Waals surface area contributed by atoms with Crippen molar-refractivity contribution < 1.29 is 4.74 Å². The van der Waals surface area contributed by atoms with E-state index in [2.05, 4.69) is 49.4 Å². The molecule has 2 aromatic heterocycles. The number of para-hydroxylation sites is 1. The number of aliphatic imine (C=N–C) groups is 1. The molecule has 0 radical (unpaired) electrons. The van der Waals surface area contributed by atoms with E-state index in [1.165, 1.54) is 10.4 Å². The normalized spacial score (nSPS) is 11.5. The van der Waals surface area contributed by atoms with Gasteiger partial charge < -0.3 is 19.9 Å². The second-order valence-corrected chi connectivity index (χ2v) is 7.34. The van der Waals surface area contributed by atoms with E-state index in [1.807, 2.05) is 36.7 Å². The van der Waals surface area contributed by atoms with E-state index in [0.717, 1.165) is 42.9 Å². The van der Waals surface area contributed by atoms with Gasteiger partial charge in [-0.1, -0.05) is 24.3 Å². The molecule has 1 aromatic carbocycles. The number of aromatic nitrogens is 3. The van der Waals surface area contributed by atoms with Crippen LogP contribution in [0.15, 0.2) is 46.8 Å². The van der Waals surface area contributed by atoms with Crippen LogP contribution < -0.4 is 15.4 Å². The predicted octanol–water partition coefficient (Wildman–Crippen LogP) is 2.67. The van der Waals surface area contributed by atoms with Crippen LogP contribution in [0.4, 0.5) is 0 Å². The van der Waals surface area contributed by atoms with Gasteiger partial charge in [0.05, 0.1) is 13.7 Å². The van der Waals surface area contributed by atoms with Crippen LogP contribution in [0.3, 0.4) is 0 Å². The summed E-state index contributed by atoms with van der Waals surface area (Å²) >= 11 is 1.72. The highest BCUT2D eigenvalue weighted by Crippen LogP contribution is 2.17. The molecule has 0 aliphatic rings. The highest BCUT2D eigenvalue weighted by Gasteiger charge is 2.07. The van der Waals surface area contributed by atoms with Gasteiger partial charge in [-0.3, -0.25) is 0 Å². The minimum absolute atomic E-state index is 0.464. The number of nitrogens with one attached hydrogen (secondary N) is 2. The van der Waals surface area contributed by atoms with Crippen LogP contribution in [-0.4, -0.2) is 34.4 Å². The fourth-order valence-electron chi connectivity index (χ4n) is 2.72. The van der Waals surface area contributed by atoms with E-state index >= 15 is 0 Å². The van der Waals surface area contributed by atoms with Gasteiger partial charge in [0.25, 0.3) is 0 Å². The molecule has 0 amide bonds. The SMILES string of the molecule is COc1ccccc1CCNC(=NCc1nnc(C)n1C)NCc1cccs1. The first kappa shape index (κ1) is 19.9. The zero-order chi connectivity index (χ0) is 19.8. The zero-order valence-electron chi connectivity index (χ0n) is 16.5. The van der Waals surface area contributed by atoms with Crippen LogP contribution >= 0.6 is 11.3 Å². The summed E-state index contributed by atoms with van der Waals surface area (Å²) in [4.78, 5) is 5.94. The van der Waals surface area contributed by atoms with Gasteiger partial charge in [-0.05, 0) is 36.4 Å². The first-order valence-electron chi connectivity index (χ1n) is 9.18. The standard InChI is InChI=1S/C20H26N6OS/c1-15-24-25-19(26(15)2)14-23-20(22-13-17-8-6-12-28-17)21-11-10-16-7-4-5-9-18(16)27-3/h4-9,12H,10-11,13-14H2,1-3H3,(H2,21,22,23). The topological polar surface area (TPSA) is 76.4 Å². The van der Waals surface area contributed by atoms with Gasteiger partial charge in [0.1, 0.15) is 18.1 Å². The molecule has 3 rings (SSSR count). The first-order valence-corrected chi connectivity index (χ1v) is 10.1. The molecule has 0 aliphatic carbocycles. The molecule has 8 heteroatoms. The molecule has 0 saturated heterocycles. The largest absolute Gasteiger partial charge is 0.496 e. The minimum Gasteiger partial charge on any atom is -0.496 e. The van der Waals surface area contributed by atoms with Gasteiger partial charge in [-0.25, -0.2) is 4.99 Å². The minimum atomic E-state index is 0.464. The molecule has 7 nitrogen and oxygen atoms in total. The molecule has 3 aromatic rings. The van der Waals surface area contributed by atoms with Gasteiger partial charge in [0.15, 0.2) is 11.8 Å². The van der Waals surface area contributed by atoms with E-state index in [0.29, 0.717) is 6.54 Å². The van der Waals surface area contributed by atoms with Gasteiger partial charge in [-0.2, -0.15) is 0 Å². The number of aryl methyl sites for hydroxylation is 1. The average molecular weight is 399 g/mol. The van der Waals surface area contributed by atoms with Gasteiger partial charge in [0, 0.05) is 18.5 Å².